The lowest BCUT2D eigenvalue weighted by Crippen LogP contribution is -2.47. The quantitative estimate of drug-likeness (QED) is 0.734. The number of hydrogen-bond acceptors (Lipinski definition) is 1. The van der Waals surface area contributed by atoms with E-state index in [0.29, 0.717) is 5.84 Å². The lowest BCUT2D eigenvalue weighted by Gasteiger charge is -2.35. The molecular weight excluding hydrogens is 244 g/mol. The highest BCUT2D eigenvalue weighted by molar-refractivity contribution is 6.14. The van der Waals surface area contributed by atoms with E-state index >= 15 is 0 Å². The van der Waals surface area contributed by atoms with Crippen molar-refractivity contribution >= 4 is 22.3 Å². The lowest BCUT2D eigenvalue weighted by molar-refractivity contribution is 0.564. The summed E-state index contributed by atoms with van der Waals surface area (Å²) in [6.07, 6.45) is 0. The van der Waals surface area contributed by atoms with E-state index in [1.807, 2.05) is 0 Å². The molecule has 0 amide bonds. The smallest absolute Gasteiger partial charge is 0.111 e. The second-order valence-corrected chi connectivity index (χ2v) is 7.16. The Labute approximate surface area is 120 Å². The molecule has 2 aromatic carbocycles. The maximum Gasteiger partial charge on any atom is 0.111 e. The summed E-state index contributed by atoms with van der Waals surface area (Å²) in [5.74, 6) is 0.691. The number of amidine groups is 1. The van der Waals surface area contributed by atoms with E-state index < -0.39 is 0 Å². The Morgan fingerprint density at radius 3 is 2.30 bits per heavy atom. The summed E-state index contributed by atoms with van der Waals surface area (Å²) >= 11 is 0. The summed E-state index contributed by atoms with van der Waals surface area (Å²) in [5, 5.41) is 11.2. The molecule has 0 bridgehead atoms. The van der Waals surface area contributed by atoms with Gasteiger partial charge in [-0.25, -0.2) is 0 Å². The number of anilines is 1. The van der Waals surface area contributed by atoms with Crippen LogP contribution in [0, 0.1) is 5.41 Å². The van der Waals surface area contributed by atoms with E-state index in [-0.39, 0.29) is 11.0 Å². The van der Waals surface area contributed by atoms with Crippen LogP contribution in [-0.2, 0) is 5.41 Å². The van der Waals surface area contributed by atoms with Crippen molar-refractivity contribution in [3.05, 3.63) is 42.0 Å². The Bertz CT molecular complexity index is 705. The second kappa shape index (κ2) is 3.85. The van der Waals surface area contributed by atoms with Gasteiger partial charge in [-0.1, -0.05) is 30.3 Å². The first-order valence-electron chi connectivity index (χ1n) is 7.16. The van der Waals surface area contributed by atoms with E-state index in [2.05, 4.69) is 75.9 Å². The maximum atomic E-state index is 8.65. The van der Waals surface area contributed by atoms with Crippen LogP contribution in [0.1, 0.15) is 40.2 Å². The number of fused-ring (bicyclic) bond motifs is 3. The summed E-state index contributed by atoms with van der Waals surface area (Å²) in [6.45, 7) is 10.8. The van der Waals surface area contributed by atoms with Crippen LogP contribution >= 0.6 is 0 Å². The van der Waals surface area contributed by atoms with Crippen LogP contribution in [0.2, 0.25) is 0 Å². The molecule has 3 rings (SSSR count). The first kappa shape index (κ1) is 13.2. The molecule has 0 saturated carbocycles. The SMILES string of the molecule is CC1(C)C(=N)N(C(C)(C)C)c2ccc3ccccc3c21. The van der Waals surface area contributed by atoms with Crippen LogP contribution < -0.4 is 4.90 Å². The van der Waals surface area contributed by atoms with Gasteiger partial charge in [-0.2, -0.15) is 0 Å². The third-order valence-corrected chi connectivity index (χ3v) is 4.26. The average molecular weight is 266 g/mol. The summed E-state index contributed by atoms with van der Waals surface area (Å²) in [7, 11) is 0. The Morgan fingerprint density at radius 2 is 1.65 bits per heavy atom. The minimum absolute atomic E-state index is 0.0813. The summed E-state index contributed by atoms with van der Waals surface area (Å²) in [4.78, 5) is 2.18. The molecule has 0 unspecified atom stereocenters. The van der Waals surface area contributed by atoms with E-state index in [4.69, 9.17) is 5.41 Å². The van der Waals surface area contributed by atoms with Gasteiger partial charge in [0, 0.05) is 16.6 Å². The van der Waals surface area contributed by atoms with Crippen LogP contribution in [0.3, 0.4) is 0 Å². The van der Waals surface area contributed by atoms with Crippen molar-refractivity contribution in [1.29, 1.82) is 5.41 Å². The van der Waals surface area contributed by atoms with Crippen molar-refractivity contribution in [3.63, 3.8) is 0 Å². The van der Waals surface area contributed by atoms with Gasteiger partial charge in [0.2, 0.25) is 0 Å². The molecule has 0 atom stereocenters. The summed E-state index contributed by atoms with van der Waals surface area (Å²) < 4.78 is 0. The van der Waals surface area contributed by atoms with Gasteiger partial charge in [-0.3, -0.25) is 5.41 Å². The average Bonchev–Trinajstić information content (AvgIpc) is 2.57. The Morgan fingerprint density at radius 1 is 1.00 bits per heavy atom. The maximum absolute atomic E-state index is 8.65. The highest BCUT2D eigenvalue weighted by Crippen LogP contribution is 2.47. The minimum Gasteiger partial charge on any atom is -0.324 e. The molecule has 2 nitrogen and oxygen atoms in total. The lowest BCUT2D eigenvalue weighted by atomic mass is 9.83. The molecule has 0 aliphatic carbocycles. The standard InChI is InChI=1S/C18H22N2/c1-17(2,3)20-14-11-10-12-8-6-7-9-13(12)15(14)18(4,5)16(20)19/h6-11,19H,1-5H3. The van der Waals surface area contributed by atoms with Gasteiger partial charge in [0.15, 0.2) is 0 Å². The van der Waals surface area contributed by atoms with Gasteiger partial charge in [-0.15, -0.1) is 0 Å². The topological polar surface area (TPSA) is 27.1 Å². The molecule has 1 aliphatic heterocycles. The van der Waals surface area contributed by atoms with Gasteiger partial charge in [0.25, 0.3) is 0 Å². The second-order valence-electron chi connectivity index (χ2n) is 7.16. The molecule has 0 spiro atoms. The van der Waals surface area contributed by atoms with Crippen LogP contribution in [0.5, 0.6) is 0 Å². The van der Waals surface area contributed by atoms with Gasteiger partial charge < -0.3 is 4.90 Å². The molecule has 0 fully saturated rings. The third kappa shape index (κ3) is 1.60. The van der Waals surface area contributed by atoms with Crippen molar-refractivity contribution in [2.45, 2.75) is 45.6 Å². The van der Waals surface area contributed by atoms with Gasteiger partial charge in [0.05, 0.1) is 0 Å². The van der Waals surface area contributed by atoms with Crippen LogP contribution in [0.15, 0.2) is 36.4 Å². The Balaban J connectivity index is 2.40. The monoisotopic (exact) mass is 266 g/mol. The Kier molecular flexibility index (Phi) is 2.53. The number of nitrogens with one attached hydrogen (secondary N) is 1. The largest absolute Gasteiger partial charge is 0.324 e. The number of benzene rings is 2. The third-order valence-electron chi connectivity index (χ3n) is 4.26. The number of nitrogens with zero attached hydrogens (tertiary/aromatic N) is 1. The van der Waals surface area contributed by atoms with Crippen LogP contribution in [0.4, 0.5) is 5.69 Å². The molecule has 2 aromatic rings. The van der Waals surface area contributed by atoms with E-state index in [9.17, 15) is 0 Å². The molecule has 1 heterocycles. The molecule has 0 aromatic heterocycles. The molecular formula is C18H22N2. The van der Waals surface area contributed by atoms with Gasteiger partial charge in [0.1, 0.15) is 5.84 Å². The molecule has 1 aliphatic rings. The predicted molar refractivity (Wildman–Crippen MR) is 86.9 cm³/mol. The van der Waals surface area contributed by atoms with Crippen LogP contribution in [-0.4, -0.2) is 11.4 Å². The first-order valence-corrected chi connectivity index (χ1v) is 7.16. The Hall–Kier alpha value is -1.83. The summed E-state index contributed by atoms with van der Waals surface area (Å²) in [6, 6.07) is 12.8. The zero-order valence-electron chi connectivity index (χ0n) is 12.9. The molecule has 1 N–H and O–H groups in total. The fourth-order valence-corrected chi connectivity index (χ4v) is 3.32. The minimum atomic E-state index is -0.247. The van der Waals surface area contributed by atoms with Crippen molar-refractivity contribution in [2.75, 3.05) is 4.90 Å². The fourth-order valence-electron chi connectivity index (χ4n) is 3.32. The van der Waals surface area contributed by atoms with Crippen molar-refractivity contribution in [3.8, 4) is 0 Å². The van der Waals surface area contributed by atoms with E-state index in [1.165, 1.54) is 22.0 Å². The van der Waals surface area contributed by atoms with Crippen molar-refractivity contribution in [2.24, 2.45) is 0 Å². The number of rotatable bonds is 0. The highest BCUT2D eigenvalue weighted by atomic mass is 15.3. The molecule has 0 radical (unpaired) electrons. The zero-order chi connectivity index (χ0) is 14.7. The van der Waals surface area contributed by atoms with Crippen LogP contribution in [0.25, 0.3) is 10.8 Å². The molecule has 0 saturated heterocycles. The van der Waals surface area contributed by atoms with Gasteiger partial charge >= 0.3 is 0 Å². The van der Waals surface area contributed by atoms with Gasteiger partial charge in [-0.05, 0) is 57.0 Å². The molecule has 20 heavy (non-hydrogen) atoms. The predicted octanol–water partition coefficient (Wildman–Crippen LogP) is 4.71. The zero-order valence-corrected chi connectivity index (χ0v) is 12.9. The molecule has 2 heteroatoms. The first-order chi connectivity index (χ1) is 9.24. The van der Waals surface area contributed by atoms with Crippen molar-refractivity contribution < 1.29 is 0 Å². The number of hydrogen-bond donors (Lipinski definition) is 1. The van der Waals surface area contributed by atoms with E-state index in [0.717, 1.165) is 0 Å². The molecule has 104 valence electrons. The highest BCUT2D eigenvalue weighted by Gasteiger charge is 2.45. The fraction of sp³-hybridized carbons (Fsp3) is 0.389. The summed E-state index contributed by atoms with van der Waals surface area (Å²) in [5.41, 5.74) is 2.15. The van der Waals surface area contributed by atoms with E-state index in [1.54, 1.807) is 0 Å². The normalized spacial score (nSPS) is 17.6. The van der Waals surface area contributed by atoms with Crippen molar-refractivity contribution in [1.82, 2.24) is 0 Å².